The molecule has 1 amide bonds. The van der Waals surface area contributed by atoms with E-state index < -0.39 is 5.95 Å². The SMILES string of the molecule is O=C(NC1CN2CCC1CC2)c1ccnc(F)c1. The molecule has 0 saturated carbocycles. The smallest absolute Gasteiger partial charge is 0.251 e. The summed E-state index contributed by atoms with van der Waals surface area (Å²) < 4.78 is 13.0. The van der Waals surface area contributed by atoms with Crippen molar-refractivity contribution >= 4 is 5.91 Å². The molecule has 3 aliphatic heterocycles. The number of rotatable bonds is 2. The van der Waals surface area contributed by atoms with Gasteiger partial charge in [-0.15, -0.1) is 0 Å². The number of pyridine rings is 1. The van der Waals surface area contributed by atoms with Gasteiger partial charge in [0.15, 0.2) is 0 Å². The van der Waals surface area contributed by atoms with Crippen LogP contribution in [0.2, 0.25) is 0 Å². The van der Waals surface area contributed by atoms with E-state index in [-0.39, 0.29) is 11.9 Å². The molecule has 1 aromatic heterocycles. The Bertz CT molecular complexity index is 457. The van der Waals surface area contributed by atoms with E-state index >= 15 is 0 Å². The summed E-state index contributed by atoms with van der Waals surface area (Å²) in [5.41, 5.74) is 0.346. The van der Waals surface area contributed by atoms with E-state index in [1.54, 1.807) is 6.07 Å². The lowest BCUT2D eigenvalue weighted by molar-refractivity contribution is 0.0620. The molecular formula is C13H16FN3O. The van der Waals surface area contributed by atoms with Crippen molar-refractivity contribution in [1.29, 1.82) is 0 Å². The fraction of sp³-hybridized carbons (Fsp3) is 0.538. The molecule has 1 unspecified atom stereocenters. The van der Waals surface area contributed by atoms with Crippen molar-refractivity contribution in [3.63, 3.8) is 0 Å². The van der Waals surface area contributed by atoms with Gasteiger partial charge in [0, 0.05) is 30.4 Å². The quantitative estimate of drug-likeness (QED) is 0.797. The lowest BCUT2D eigenvalue weighted by Crippen LogP contribution is -2.57. The third-order valence-electron chi connectivity index (χ3n) is 3.96. The van der Waals surface area contributed by atoms with Gasteiger partial charge in [-0.1, -0.05) is 0 Å². The molecule has 0 radical (unpaired) electrons. The van der Waals surface area contributed by atoms with Crippen molar-refractivity contribution in [2.75, 3.05) is 19.6 Å². The van der Waals surface area contributed by atoms with Crippen LogP contribution < -0.4 is 5.32 Å². The molecule has 5 heteroatoms. The number of piperidine rings is 3. The van der Waals surface area contributed by atoms with Crippen LogP contribution in [0, 0.1) is 11.9 Å². The first kappa shape index (κ1) is 11.6. The van der Waals surface area contributed by atoms with Gasteiger partial charge in [0.25, 0.3) is 5.91 Å². The van der Waals surface area contributed by atoms with Gasteiger partial charge in [0.2, 0.25) is 5.95 Å². The minimum Gasteiger partial charge on any atom is -0.348 e. The van der Waals surface area contributed by atoms with E-state index in [1.807, 2.05) is 0 Å². The largest absolute Gasteiger partial charge is 0.348 e. The molecule has 1 atom stereocenters. The van der Waals surface area contributed by atoms with Gasteiger partial charge in [0.05, 0.1) is 0 Å². The van der Waals surface area contributed by atoms with Gasteiger partial charge in [-0.05, 0) is 37.9 Å². The number of carbonyl (C=O) groups is 1. The third-order valence-corrected chi connectivity index (χ3v) is 3.96. The van der Waals surface area contributed by atoms with E-state index in [4.69, 9.17) is 0 Å². The molecule has 0 aliphatic carbocycles. The summed E-state index contributed by atoms with van der Waals surface area (Å²) in [4.78, 5) is 17.8. The first-order valence-electron chi connectivity index (χ1n) is 6.37. The standard InChI is InChI=1S/C13H16FN3O/c14-12-7-10(1-4-15-12)13(18)16-11-8-17-5-2-9(11)3-6-17/h1,4,7,9,11H,2-3,5-6,8H2,(H,16,18). The zero-order valence-corrected chi connectivity index (χ0v) is 10.1. The number of nitrogens with zero attached hydrogens (tertiary/aromatic N) is 2. The van der Waals surface area contributed by atoms with E-state index in [9.17, 15) is 9.18 Å². The summed E-state index contributed by atoms with van der Waals surface area (Å²) >= 11 is 0. The van der Waals surface area contributed by atoms with Crippen LogP contribution in [-0.2, 0) is 0 Å². The number of halogens is 1. The zero-order chi connectivity index (χ0) is 12.5. The van der Waals surface area contributed by atoms with Crippen LogP contribution in [0.25, 0.3) is 0 Å². The molecule has 4 heterocycles. The predicted molar refractivity (Wildman–Crippen MR) is 64.6 cm³/mol. The average Bonchev–Trinajstić information content (AvgIpc) is 2.40. The van der Waals surface area contributed by atoms with Crippen molar-refractivity contribution in [2.45, 2.75) is 18.9 Å². The minimum atomic E-state index is -0.614. The van der Waals surface area contributed by atoms with Gasteiger partial charge < -0.3 is 10.2 Å². The number of amides is 1. The summed E-state index contributed by atoms with van der Waals surface area (Å²) in [5, 5.41) is 3.02. The highest BCUT2D eigenvalue weighted by atomic mass is 19.1. The highest BCUT2D eigenvalue weighted by Crippen LogP contribution is 2.27. The Morgan fingerprint density at radius 3 is 2.83 bits per heavy atom. The molecule has 4 rings (SSSR count). The molecule has 1 N–H and O–H groups in total. The number of carbonyl (C=O) groups excluding carboxylic acids is 1. The fourth-order valence-corrected chi connectivity index (χ4v) is 2.92. The molecule has 3 aliphatic rings. The average molecular weight is 249 g/mol. The lowest BCUT2D eigenvalue weighted by Gasteiger charge is -2.44. The number of hydrogen-bond donors (Lipinski definition) is 1. The van der Waals surface area contributed by atoms with Gasteiger partial charge in [-0.25, -0.2) is 4.98 Å². The molecule has 4 nitrogen and oxygen atoms in total. The highest BCUT2D eigenvalue weighted by Gasteiger charge is 2.34. The van der Waals surface area contributed by atoms with Crippen LogP contribution in [0.1, 0.15) is 23.2 Å². The maximum atomic E-state index is 13.0. The Kier molecular flexibility index (Phi) is 2.99. The Morgan fingerprint density at radius 2 is 2.22 bits per heavy atom. The normalized spacial score (nSPS) is 30.2. The molecule has 18 heavy (non-hydrogen) atoms. The molecule has 96 valence electrons. The van der Waals surface area contributed by atoms with Crippen LogP contribution in [0.3, 0.4) is 0 Å². The Balaban J connectivity index is 1.68. The van der Waals surface area contributed by atoms with Crippen molar-refractivity contribution in [3.05, 3.63) is 29.8 Å². The second-order valence-corrected chi connectivity index (χ2v) is 5.09. The predicted octanol–water partition coefficient (Wildman–Crippen LogP) is 1.04. The molecule has 0 aromatic carbocycles. The Labute approximate surface area is 105 Å². The Morgan fingerprint density at radius 1 is 1.44 bits per heavy atom. The molecular weight excluding hydrogens is 233 g/mol. The fourth-order valence-electron chi connectivity index (χ4n) is 2.92. The van der Waals surface area contributed by atoms with Crippen LogP contribution >= 0.6 is 0 Å². The number of hydrogen-bond acceptors (Lipinski definition) is 3. The van der Waals surface area contributed by atoms with Crippen LogP contribution in [0.5, 0.6) is 0 Å². The number of nitrogens with one attached hydrogen (secondary N) is 1. The highest BCUT2D eigenvalue weighted by molar-refractivity contribution is 5.94. The van der Waals surface area contributed by atoms with Crippen molar-refractivity contribution in [2.24, 2.45) is 5.92 Å². The van der Waals surface area contributed by atoms with E-state index in [0.717, 1.165) is 32.5 Å². The van der Waals surface area contributed by atoms with Crippen molar-refractivity contribution in [1.82, 2.24) is 15.2 Å². The van der Waals surface area contributed by atoms with E-state index in [2.05, 4.69) is 15.2 Å². The molecule has 3 fully saturated rings. The van der Waals surface area contributed by atoms with E-state index in [1.165, 1.54) is 12.3 Å². The third kappa shape index (κ3) is 2.22. The van der Waals surface area contributed by atoms with Crippen LogP contribution in [0.15, 0.2) is 18.3 Å². The molecule has 3 saturated heterocycles. The minimum absolute atomic E-state index is 0.199. The van der Waals surface area contributed by atoms with Gasteiger partial charge in [-0.2, -0.15) is 4.39 Å². The van der Waals surface area contributed by atoms with Crippen molar-refractivity contribution in [3.8, 4) is 0 Å². The second kappa shape index (κ2) is 4.65. The summed E-state index contributed by atoms with van der Waals surface area (Å²) in [6.45, 7) is 3.20. The van der Waals surface area contributed by atoms with Crippen molar-refractivity contribution < 1.29 is 9.18 Å². The number of aromatic nitrogens is 1. The number of fused-ring (bicyclic) bond motifs is 3. The summed E-state index contributed by atoms with van der Waals surface area (Å²) in [7, 11) is 0. The molecule has 1 aromatic rings. The molecule has 2 bridgehead atoms. The summed E-state index contributed by atoms with van der Waals surface area (Å²) in [5.74, 6) is -0.239. The maximum absolute atomic E-state index is 13.0. The van der Waals surface area contributed by atoms with Gasteiger partial charge in [0.1, 0.15) is 0 Å². The lowest BCUT2D eigenvalue weighted by atomic mass is 9.84. The monoisotopic (exact) mass is 249 g/mol. The first-order valence-corrected chi connectivity index (χ1v) is 6.37. The van der Waals surface area contributed by atoms with Gasteiger partial charge in [-0.3, -0.25) is 4.79 Å². The summed E-state index contributed by atoms with van der Waals surface area (Å²) in [6.07, 6.45) is 3.62. The topological polar surface area (TPSA) is 45.2 Å². The molecule has 0 spiro atoms. The zero-order valence-electron chi connectivity index (χ0n) is 10.1. The maximum Gasteiger partial charge on any atom is 0.251 e. The second-order valence-electron chi connectivity index (χ2n) is 5.09. The van der Waals surface area contributed by atoms with E-state index in [0.29, 0.717) is 11.5 Å². The first-order chi connectivity index (χ1) is 8.72. The van der Waals surface area contributed by atoms with Crippen LogP contribution in [0.4, 0.5) is 4.39 Å². The summed E-state index contributed by atoms with van der Waals surface area (Å²) in [6, 6.07) is 2.92. The van der Waals surface area contributed by atoms with Gasteiger partial charge >= 0.3 is 0 Å². The Hall–Kier alpha value is -1.49. The van der Waals surface area contributed by atoms with Crippen LogP contribution in [-0.4, -0.2) is 41.5 Å².